The molecule has 0 aromatic carbocycles. The van der Waals surface area contributed by atoms with E-state index in [9.17, 15) is 13.2 Å². The van der Waals surface area contributed by atoms with Gasteiger partial charge >= 0.3 is 0 Å². The molecule has 0 amide bonds. The van der Waals surface area contributed by atoms with Crippen LogP contribution in [-0.4, -0.2) is 24.5 Å². The lowest BCUT2D eigenvalue weighted by Gasteiger charge is -2.33. The molecule has 0 radical (unpaired) electrons. The van der Waals surface area contributed by atoms with Gasteiger partial charge in [0.25, 0.3) is 10.1 Å². The molecule has 0 saturated heterocycles. The van der Waals surface area contributed by atoms with Crippen LogP contribution in [0.2, 0.25) is 0 Å². The van der Waals surface area contributed by atoms with Gasteiger partial charge in [-0.05, 0) is 24.2 Å². The lowest BCUT2D eigenvalue weighted by molar-refractivity contribution is -0.127. The van der Waals surface area contributed by atoms with E-state index in [4.69, 9.17) is 4.55 Å². The van der Waals surface area contributed by atoms with E-state index in [-0.39, 0.29) is 17.1 Å². The third kappa shape index (κ3) is 1.72. The van der Waals surface area contributed by atoms with Crippen LogP contribution in [0.25, 0.3) is 0 Å². The van der Waals surface area contributed by atoms with Gasteiger partial charge in [0, 0.05) is 11.8 Å². The predicted molar refractivity (Wildman–Crippen MR) is 55.0 cm³/mol. The van der Waals surface area contributed by atoms with Crippen LogP contribution in [0.5, 0.6) is 0 Å². The first kappa shape index (κ1) is 11.1. The molecule has 0 aromatic heterocycles. The number of ketones is 1. The molecule has 86 valence electrons. The number of rotatable bonds is 2. The van der Waals surface area contributed by atoms with Gasteiger partial charge in [-0.3, -0.25) is 9.35 Å². The van der Waals surface area contributed by atoms with Gasteiger partial charge in [0.15, 0.2) is 0 Å². The largest absolute Gasteiger partial charge is 0.299 e. The first-order valence-electron chi connectivity index (χ1n) is 5.13. The zero-order valence-corrected chi connectivity index (χ0v) is 9.80. The first-order valence-corrected chi connectivity index (χ1v) is 6.74. The van der Waals surface area contributed by atoms with Crippen molar-refractivity contribution in [1.82, 2.24) is 0 Å². The Labute approximate surface area is 89.8 Å². The van der Waals surface area contributed by atoms with Crippen molar-refractivity contribution >= 4 is 15.9 Å². The summed E-state index contributed by atoms with van der Waals surface area (Å²) < 4.78 is 30.8. The molecule has 2 unspecified atom stereocenters. The zero-order chi connectivity index (χ0) is 11.5. The molecule has 15 heavy (non-hydrogen) atoms. The SMILES string of the molecule is CC1(C)CC2(CS(=O)(=O)O)CC1CC2=O. The average Bonchev–Trinajstić information content (AvgIpc) is 2.33. The summed E-state index contributed by atoms with van der Waals surface area (Å²) in [5.74, 6) is -0.0881. The van der Waals surface area contributed by atoms with Crippen LogP contribution in [0.15, 0.2) is 0 Å². The van der Waals surface area contributed by atoms with Gasteiger partial charge in [0.1, 0.15) is 5.78 Å². The maximum absolute atomic E-state index is 11.7. The molecule has 2 saturated carbocycles. The molecule has 5 heteroatoms. The fourth-order valence-electron chi connectivity index (χ4n) is 3.38. The van der Waals surface area contributed by atoms with Gasteiger partial charge in [-0.15, -0.1) is 0 Å². The van der Waals surface area contributed by atoms with Crippen molar-refractivity contribution in [2.24, 2.45) is 16.7 Å². The summed E-state index contributed by atoms with van der Waals surface area (Å²) >= 11 is 0. The van der Waals surface area contributed by atoms with Crippen molar-refractivity contribution in [2.45, 2.75) is 33.1 Å². The van der Waals surface area contributed by atoms with E-state index in [1.807, 2.05) is 0 Å². The van der Waals surface area contributed by atoms with Crippen molar-refractivity contribution in [2.75, 3.05) is 5.75 Å². The Kier molecular flexibility index (Phi) is 2.09. The van der Waals surface area contributed by atoms with E-state index in [1.165, 1.54) is 0 Å². The normalized spacial score (nSPS) is 38.6. The molecule has 0 aromatic rings. The second-order valence-corrected chi connectivity index (χ2v) is 7.15. The van der Waals surface area contributed by atoms with Gasteiger partial charge in [-0.2, -0.15) is 8.42 Å². The predicted octanol–water partition coefficient (Wildman–Crippen LogP) is 1.27. The minimum absolute atomic E-state index is 0.0180. The Morgan fingerprint density at radius 2 is 2.07 bits per heavy atom. The smallest absolute Gasteiger partial charge is 0.265 e. The Morgan fingerprint density at radius 3 is 2.47 bits per heavy atom. The fourth-order valence-corrected chi connectivity index (χ4v) is 4.46. The standard InChI is InChI=1S/C10H16O4S/c1-9(2)5-10(6-15(12,13)14)4-7(9)3-8(10)11/h7H,3-6H2,1-2H3,(H,12,13,14). The lowest BCUT2D eigenvalue weighted by atomic mass is 9.72. The van der Waals surface area contributed by atoms with Crippen molar-refractivity contribution in [1.29, 1.82) is 0 Å². The highest BCUT2D eigenvalue weighted by molar-refractivity contribution is 7.85. The number of carbonyl (C=O) groups is 1. The topological polar surface area (TPSA) is 71.4 Å². The van der Waals surface area contributed by atoms with Gasteiger partial charge in [-0.1, -0.05) is 13.8 Å². The van der Waals surface area contributed by atoms with Crippen molar-refractivity contribution in [3.05, 3.63) is 0 Å². The fraction of sp³-hybridized carbons (Fsp3) is 0.900. The summed E-state index contributed by atoms with van der Waals surface area (Å²) in [5.41, 5.74) is -0.764. The van der Waals surface area contributed by atoms with E-state index < -0.39 is 21.3 Å². The van der Waals surface area contributed by atoms with E-state index in [2.05, 4.69) is 13.8 Å². The quantitative estimate of drug-likeness (QED) is 0.728. The second kappa shape index (κ2) is 2.83. The summed E-state index contributed by atoms with van der Waals surface area (Å²) in [5, 5.41) is 0. The highest BCUT2D eigenvalue weighted by Gasteiger charge is 2.60. The zero-order valence-electron chi connectivity index (χ0n) is 8.99. The molecule has 0 aliphatic heterocycles. The minimum atomic E-state index is -4.06. The number of Topliss-reactive ketones (excluding diaryl/α,β-unsaturated/α-hetero) is 1. The van der Waals surface area contributed by atoms with Crippen LogP contribution < -0.4 is 0 Å². The molecular formula is C10H16O4S. The molecule has 2 rings (SSSR count). The van der Waals surface area contributed by atoms with Crippen molar-refractivity contribution in [3.8, 4) is 0 Å². The highest BCUT2D eigenvalue weighted by atomic mass is 32.2. The third-order valence-corrected chi connectivity index (χ3v) is 4.94. The van der Waals surface area contributed by atoms with Crippen molar-refractivity contribution < 1.29 is 17.8 Å². The van der Waals surface area contributed by atoms with Crippen LogP contribution in [0.3, 0.4) is 0 Å². The minimum Gasteiger partial charge on any atom is -0.299 e. The number of hydrogen-bond donors (Lipinski definition) is 1. The molecule has 0 spiro atoms. The Balaban J connectivity index is 2.33. The van der Waals surface area contributed by atoms with E-state index in [1.54, 1.807) is 0 Å². The average molecular weight is 232 g/mol. The molecule has 0 heterocycles. The second-order valence-electron chi connectivity index (χ2n) is 5.70. The summed E-state index contributed by atoms with van der Waals surface area (Å²) in [4.78, 5) is 11.7. The van der Waals surface area contributed by atoms with Gasteiger partial charge in [-0.25, -0.2) is 0 Å². The Morgan fingerprint density at radius 1 is 1.47 bits per heavy atom. The lowest BCUT2D eigenvalue weighted by Crippen LogP contribution is -2.37. The number of carbonyl (C=O) groups excluding carboxylic acids is 1. The molecule has 1 N–H and O–H groups in total. The molecule has 2 bridgehead atoms. The van der Waals surface area contributed by atoms with Gasteiger partial charge < -0.3 is 0 Å². The highest BCUT2D eigenvalue weighted by Crippen LogP contribution is 2.61. The van der Waals surface area contributed by atoms with Crippen LogP contribution in [0.4, 0.5) is 0 Å². The Hall–Kier alpha value is -0.420. The van der Waals surface area contributed by atoms with E-state index >= 15 is 0 Å². The summed E-state index contributed by atoms with van der Waals surface area (Å²) in [7, 11) is -4.06. The van der Waals surface area contributed by atoms with Crippen LogP contribution in [-0.2, 0) is 14.9 Å². The van der Waals surface area contributed by atoms with E-state index in [0.29, 0.717) is 19.3 Å². The molecule has 2 atom stereocenters. The molecule has 2 fully saturated rings. The van der Waals surface area contributed by atoms with Gasteiger partial charge in [0.2, 0.25) is 0 Å². The summed E-state index contributed by atoms with van der Waals surface area (Å²) in [6, 6.07) is 0. The monoisotopic (exact) mass is 232 g/mol. The molecular weight excluding hydrogens is 216 g/mol. The van der Waals surface area contributed by atoms with E-state index in [0.717, 1.165) is 0 Å². The first-order chi connectivity index (χ1) is 6.65. The number of fused-ring (bicyclic) bond motifs is 2. The number of hydrogen-bond acceptors (Lipinski definition) is 3. The summed E-state index contributed by atoms with van der Waals surface area (Å²) in [6.45, 7) is 4.13. The molecule has 4 nitrogen and oxygen atoms in total. The third-order valence-electron chi connectivity index (χ3n) is 4.02. The molecule has 2 aliphatic rings. The maximum atomic E-state index is 11.7. The summed E-state index contributed by atoms with van der Waals surface area (Å²) in [6.07, 6.45) is 1.68. The van der Waals surface area contributed by atoms with Gasteiger partial charge in [0.05, 0.1) is 5.75 Å². The maximum Gasteiger partial charge on any atom is 0.265 e. The van der Waals surface area contributed by atoms with Crippen molar-refractivity contribution in [3.63, 3.8) is 0 Å². The van der Waals surface area contributed by atoms with Crippen LogP contribution >= 0.6 is 0 Å². The van der Waals surface area contributed by atoms with Crippen LogP contribution in [0, 0.1) is 16.7 Å². The Bertz CT molecular complexity index is 409. The van der Waals surface area contributed by atoms with Crippen LogP contribution in [0.1, 0.15) is 33.1 Å². The molecule has 2 aliphatic carbocycles.